The molecule has 1 saturated heterocycles. The summed E-state index contributed by atoms with van der Waals surface area (Å²) in [6.07, 6.45) is 1.84. The highest BCUT2D eigenvalue weighted by molar-refractivity contribution is 7.13. The smallest absolute Gasteiger partial charge is 0.191 e. The van der Waals surface area contributed by atoms with E-state index in [1.165, 1.54) is 0 Å². The number of rotatable bonds is 4. The number of guanidine groups is 1. The number of benzene rings is 1. The summed E-state index contributed by atoms with van der Waals surface area (Å²) in [6.45, 7) is 4.18. The lowest BCUT2D eigenvalue weighted by Gasteiger charge is -2.35. The Balaban J connectivity index is 1.53. The minimum absolute atomic E-state index is 0.586. The molecule has 2 heterocycles. The van der Waals surface area contributed by atoms with Gasteiger partial charge >= 0.3 is 0 Å². The van der Waals surface area contributed by atoms with Gasteiger partial charge in [0.2, 0.25) is 0 Å². The fraction of sp³-hybridized carbons (Fsp3) is 0.375. The normalized spacial score (nSPS) is 15.8. The lowest BCUT2D eigenvalue weighted by molar-refractivity contribution is 0.380. The van der Waals surface area contributed by atoms with Gasteiger partial charge in [-0.15, -0.1) is 11.3 Å². The first-order chi connectivity index (χ1) is 11.3. The minimum atomic E-state index is 0.586. The van der Waals surface area contributed by atoms with Gasteiger partial charge in [0.15, 0.2) is 11.1 Å². The van der Waals surface area contributed by atoms with Crippen molar-refractivity contribution in [3.63, 3.8) is 0 Å². The first-order valence-electron chi connectivity index (χ1n) is 7.58. The van der Waals surface area contributed by atoms with Crippen molar-refractivity contribution in [2.45, 2.75) is 6.54 Å². The predicted octanol–water partition coefficient (Wildman–Crippen LogP) is 1.79. The van der Waals surface area contributed by atoms with Crippen LogP contribution in [0.2, 0.25) is 0 Å². The highest BCUT2D eigenvalue weighted by Gasteiger charge is 2.19. The Bertz CT molecular complexity index is 633. The molecule has 2 N–H and O–H groups in total. The Hall–Kier alpha value is -2.28. The predicted molar refractivity (Wildman–Crippen MR) is 94.2 cm³/mol. The largest absolute Gasteiger partial charge is 0.497 e. The summed E-state index contributed by atoms with van der Waals surface area (Å²) < 4.78 is 5.15. The number of aliphatic imine (C=N–C) groups is 1. The van der Waals surface area contributed by atoms with E-state index < -0.39 is 0 Å². The maximum Gasteiger partial charge on any atom is 0.191 e. The van der Waals surface area contributed by atoms with Crippen LogP contribution in [0.4, 0.5) is 5.13 Å². The number of hydrogen-bond acceptors (Lipinski definition) is 5. The number of ether oxygens (including phenoxy) is 1. The average Bonchev–Trinajstić information content (AvgIpc) is 3.15. The fourth-order valence-electron chi connectivity index (χ4n) is 2.50. The molecule has 1 fully saturated rings. The number of piperazine rings is 1. The number of anilines is 1. The molecule has 7 heteroatoms. The monoisotopic (exact) mass is 331 g/mol. The summed E-state index contributed by atoms with van der Waals surface area (Å²) in [4.78, 5) is 13.3. The van der Waals surface area contributed by atoms with Gasteiger partial charge in [-0.3, -0.25) is 0 Å². The summed E-state index contributed by atoms with van der Waals surface area (Å²) in [6, 6.07) is 7.90. The van der Waals surface area contributed by atoms with Crippen molar-refractivity contribution in [2.24, 2.45) is 10.7 Å². The standard InChI is InChI=1S/C16H21N5OS/c1-22-14-4-2-13(3-5-14)12-19-15(17)20-7-9-21(10-8-20)16-18-6-11-23-16/h2-6,11H,7-10,12H2,1H3,(H2,17,19). The van der Waals surface area contributed by atoms with E-state index in [2.05, 4.69) is 19.8 Å². The van der Waals surface area contributed by atoms with E-state index in [1.807, 2.05) is 35.8 Å². The molecule has 2 aromatic rings. The number of thiazole rings is 1. The molecule has 0 atom stereocenters. The van der Waals surface area contributed by atoms with Crippen LogP contribution >= 0.6 is 11.3 Å². The number of nitrogens with two attached hydrogens (primary N) is 1. The van der Waals surface area contributed by atoms with Crippen molar-refractivity contribution in [3.05, 3.63) is 41.4 Å². The molecular formula is C16H21N5OS. The second kappa shape index (κ2) is 7.32. The van der Waals surface area contributed by atoms with Crippen LogP contribution < -0.4 is 15.4 Å². The molecule has 1 aliphatic heterocycles. The summed E-state index contributed by atoms with van der Waals surface area (Å²) in [5.74, 6) is 1.46. The van der Waals surface area contributed by atoms with E-state index in [4.69, 9.17) is 10.5 Å². The molecule has 122 valence electrons. The van der Waals surface area contributed by atoms with Crippen LogP contribution in [0, 0.1) is 0 Å². The van der Waals surface area contributed by atoms with Gasteiger partial charge in [-0.25, -0.2) is 9.98 Å². The molecule has 0 amide bonds. The second-order valence-electron chi connectivity index (χ2n) is 5.31. The van der Waals surface area contributed by atoms with Crippen molar-refractivity contribution < 1.29 is 4.74 Å². The lowest BCUT2D eigenvalue weighted by Crippen LogP contribution is -2.51. The first kappa shape index (κ1) is 15.6. The topological polar surface area (TPSA) is 67.0 Å². The molecule has 1 aliphatic rings. The number of nitrogens with zero attached hydrogens (tertiary/aromatic N) is 4. The molecule has 0 unspecified atom stereocenters. The molecule has 6 nitrogen and oxygen atoms in total. The van der Waals surface area contributed by atoms with Crippen molar-refractivity contribution in [2.75, 3.05) is 38.2 Å². The molecule has 1 aromatic carbocycles. The van der Waals surface area contributed by atoms with Crippen LogP contribution in [-0.2, 0) is 6.54 Å². The second-order valence-corrected chi connectivity index (χ2v) is 6.18. The third-order valence-corrected chi connectivity index (χ3v) is 4.71. The van der Waals surface area contributed by atoms with E-state index in [9.17, 15) is 0 Å². The van der Waals surface area contributed by atoms with E-state index in [0.29, 0.717) is 12.5 Å². The third-order valence-electron chi connectivity index (χ3n) is 3.88. The van der Waals surface area contributed by atoms with Gasteiger partial charge in [-0.1, -0.05) is 12.1 Å². The van der Waals surface area contributed by atoms with Crippen molar-refractivity contribution >= 4 is 22.4 Å². The SMILES string of the molecule is COc1ccc(CN=C(N)N2CCN(c3nccs3)CC2)cc1. The summed E-state index contributed by atoms with van der Waals surface area (Å²) in [5, 5.41) is 3.09. The molecule has 1 aromatic heterocycles. The molecule has 0 saturated carbocycles. The first-order valence-corrected chi connectivity index (χ1v) is 8.46. The Morgan fingerprint density at radius 3 is 2.61 bits per heavy atom. The average molecular weight is 331 g/mol. The van der Waals surface area contributed by atoms with Gasteiger partial charge in [0, 0.05) is 37.8 Å². The summed E-state index contributed by atoms with van der Waals surface area (Å²) in [5.41, 5.74) is 7.26. The van der Waals surface area contributed by atoms with Gasteiger partial charge in [0.25, 0.3) is 0 Å². The van der Waals surface area contributed by atoms with Crippen LogP contribution in [0.3, 0.4) is 0 Å². The minimum Gasteiger partial charge on any atom is -0.497 e. The molecule has 23 heavy (non-hydrogen) atoms. The summed E-state index contributed by atoms with van der Waals surface area (Å²) >= 11 is 1.67. The highest BCUT2D eigenvalue weighted by atomic mass is 32.1. The zero-order valence-electron chi connectivity index (χ0n) is 13.2. The van der Waals surface area contributed by atoms with Crippen molar-refractivity contribution in [3.8, 4) is 5.75 Å². The van der Waals surface area contributed by atoms with Crippen LogP contribution in [0.25, 0.3) is 0 Å². The van der Waals surface area contributed by atoms with Gasteiger partial charge in [0.1, 0.15) is 5.75 Å². The zero-order chi connectivity index (χ0) is 16.1. The molecule has 0 spiro atoms. The van der Waals surface area contributed by atoms with Gasteiger partial charge < -0.3 is 20.3 Å². The fourth-order valence-corrected chi connectivity index (χ4v) is 3.20. The zero-order valence-corrected chi connectivity index (χ0v) is 14.0. The van der Waals surface area contributed by atoms with Crippen LogP contribution in [0.1, 0.15) is 5.56 Å². The van der Waals surface area contributed by atoms with E-state index in [-0.39, 0.29) is 0 Å². The Kier molecular flexibility index (Phi) is 4.97. The van der Waals surface area contributed by atoms with Crippen LogP contribution in [0.5, 0.6) is 5.75 Å². The Morgan fingerprint density at radius 2 is 2.00 bits per heavy atom. The molecule has 0 bridgehead atoms. The Labute approximate surface area is 140 Å². The third kappa shape index (κ3) is 3.92. The van der Waals surface area contributed by atoms with Crippen molar-refractivity contribution in [1.82, 2.24) is 9.88 Å². The van der Waals surface area contributed by atoms with Crippen molar-refractivity contribution in [1.29, 1.82) is 0 Å². The summed E-state index contributed by atoms with van der Waals surface area (Å²) in [7, 11) is 1.66. The van der Waals surface area contributed by atoms with Crippen LogP contribution in [0.15, 0.2) is 40.8 Å². The number of aromatic nitrogens is 1. The highest BCUT2D eigenvalue weighted by Crippen LogP contribution is 2.18. The lowest BCUT2D eigenvalue weighted by atomic mass is 10.2. The quantitative estimate of drug-likeness (QED) is 0.683. The van der Waals surface area contributed by atoms with E-state index in [1.54, 1.807) is 18.4 Å². The maximum atomic E-state index is 6.14. The van der Waals surface area contributed by atoms with Gasteiger partial charge in [-0.2, -0.15) is 0 Å². The molecule has 0 aliphatic carbocycles. The van der Waals surface area contributed by atoms with E-state index in [0.717, 1.165) is 42.6 Å². The van der Waals surface area contributed by atoms with E-state index >= 15 is 0 Å². The number of hydrogen-bond donors (Lipinski definition) is 1. The van der Waals surface area contributed by atoms with Gasteiger partial charge in [-0.05, 0) is 17.7 Å². The molecule has 3 rings (SSSR count). The molecular weight excluding hydrogens is 310 g/mol. The maximum absolute atomic E-state index is 6.14. The van der Waals surface area contributed by atoms with Gasteiger partial charge in [0.05, 0.1) is 13.7 Å². The van der Waals surface area contributed by atoms with Crippen LogP contribution in [-0.4, -0.2) is 49.1 Å². The Morgan fingerprint density at radius 1 is 1.26 bits per heavy atom. The number of methoxy groups -OCH3 is 1. The molecule has 0 radical (unpaired) electrons.